The van der Waals surface area contributed by atoms with E-state index >= 15 is 0 Å². The van der Waals surface area contributed by atoms with Gasteiger partial charge in [-0.25, -0.2) is 4.98 Å². The molecule has 3 aromatic heterocycles. The number of alkyl halides is 1. The number of fused-ring (bicyclic) bond motifs is 1. The minimum absolute atomic E-state index is 0.210. The van der Waals surface area contributed by atoms with E-state index in [0.29, 0.717) is 12.4 Å². The Morgan fingerprint density at radius 3 is 2.89 bits per heavy atom. The Kier molecular flexibility index (Phi) is 2.78. The minimum Gasteiger partial charge on any atom is -0.343 e. The molecule has 0 N–H and O–H groups in total. The van der Waals surface area contributed by atoms with Crippen molar-refractivity contribution in [3.63, 3.8) is 0 Å². The quantitative estimate of drug-likeness (QED) is 0.684. The summed E-state index contributed by atoms with van der Waals surface area (Å²) in [6.07, 6.45) is 1.31. The van der Waals surface area contributed by atoms with E-state index in [0.717, 1.165) is 22.7 Å². The van der Waals surface area contributed by atoms with Crippen LogP contribution in [0.3, 0.4) is 0 Å². The molecule has 0 fully saturated rings. The zero-order chi connectivity index (χ0) is 13.6. The van der Waals surface area contributed by atoms with E-state index in [4.69, 9.17) is 16.1 Å². The summed E-state index contributed by atoms with van der Waals surface area (Å²) in [5, 5.41) is 7.98. The SMILES string of the molecule is Cc1nn(C)c2c1nc(C(C)Cl)n2Cc1ncon1. The summed E-state index contributed by atoms with van der Waals surface area (Å²) < 4.78 is 8.52. The van der Waals surface area contributed by atoms with Gasteiger partial charge in [-0.05, 0) is 13.8 Å². The Balaban J connectivity index is 2.21. The topological polar surface area (TPSA) is 74.6 Å². The largest absolute Gasteiger partial charge is 0.343 e. The monoisotopic (exact) mass is 280 g/mol. The first-order chi connectivity index (χ1) is 9.08. The van der Waals surface area contributed by atoms with Crippen LogP contribution in [0.15, 0.2) is 10.9 Å². The molecule has 3 heterocycles. The van der Waals surface area contributed by atoms with Crippen molar-refractivity contribution in [1.82, 2.24) is 29.5 Å². The first-order valence-corrected chi connectivity index (χ1v) is 6.30. The zero-order valence-corrected chi connectivity index (χ0v) is 11.6. The van der Waals surface area contributed by atoms with E-state index in [1.54, 1.807) is 4.68 Å². The molecule has 1 atom stereocenters. The van der Waals surface area contributed by atoms with Gasteiger partial charge in [0.05, 0.1) is 17.6 Å². The second-order valence-corrected chi connectivity index (χ2v) is 5.06. The third-order valence-electron chi connectivity index (χ3n) is 2.98. The second-order valence-electron chi connectivity index (χ2n) is 4.40. The van der Waals surface area contributed by atoms with Crippen molar-refractivity contribution in [2.75, 3.05) is 0 Å². The lowest BCUT2D eigenvalue weighted by Gasteiger charge is -2.08. The fourth-order valence-electron chi connectivity index (χ4n) is 2.21. The van der Waals surface area contributed by atoms with Crippen LogP contribution in [0.25, 0.3) is 11.2 Å². The predicted molar refractivity (Wildman–Crippen MR) is 68.9 cm³/mol. The highest BCUT2D eigenvalue weighted by Crippen LogP contribution is 2.26. The molecule has 3 rings (SSSR count). The lowest BCUT2D eigenvalue weighted by Crippen LogP contribution is -2.10. The molecule has 7 nitrogen and oxygen atoms in total. The zero-order valence-electron chi connectivity index (χ0n) is 10.8. The number of hydrogen-bond acceptors (Lipinski definition) is 5. The molecular weight excluding hydrogens is 268 g/mol. The Labute approximate surface area is 114 Å². The van der Waals surface area contributed by atoms with E-state index < -0.39 is 0 Å². The number of aryl methyl sites for hydroxylation is 2. The molecule has 0 bridgehead atoms. The van der Waals surface area contributed by atoms with Crippen molar-refractivity contribution < 1.29 is 4.52 Å². The van der Waals surface area contributed by atoms with Crippen LogP contribution in [-0.4, -0.2) is 29.5 Å². The van der Waals surface area contributed by atoms with Gasteiger partial charge in [0, 0.05) is 7.05 Å². The van der Waals surface area contributed by atoms with Gasteiger partial charge >= 0.3 is 0 Å². The molecule has 0 aliphatic carbocycles. The van der Waals surface area contributed by atoms with Gasteiger partial charge < -0.3 is 9.09 Å². The molecule has 3 aromatic rings. The molecule has 0 aromatic carbocycles. The van der Waals surface area contributed by atoms with Crippen LogP contribution in [0, 0.1) is 6.92 Å². The summed E-state index contributed by atoms with van der Waals surface area (Å²) in [5.74, 6) is 1.36. The van der Waals surface area contributed by atoms with Crippen molar-refractivity contribution in [3.8, 4) is 0 Å². The standard InChI is InChI=1S/C11H13ClN6O/c1-6(12)10-14-9-7(2)15-17(3)11(9)18(10)4-8-13-5-19-16-8/h5-6H,4H2,1-3H3. The second kappa shape index (κ2) is 4.34. The van der Waals surface area contributed by atoms with Gasteiger partial charge in [-0.1, -0.05) is 5.16 Å². The van der Waals surface area contributed by atoms with Gasteiger partial charge in [0.1, 0.15) is 11.3 Å². The highest BCUT2D eigenvalue weighted by molar-refractivity contribution is 6.20. The molecule has 1 unspecified atom stereocenters. The number of nitrogens with zero attached hydrogens (tertiary/aromatic N) is 6. The number of imidazole rings is 1. The minimum atomic E-state index is -0.210. The average Bonchev–Trinajstić information content (AvgIpc) is 3.00. The first-order valence-electron chi connectivity index (χ1n) is 5.87. The molecular formula is C11H13ClN6O. The molecule has 0 aliphatic rings. The third kappa shape index (κ3) is 1.90. The van der Waals surface area contributed by atoms with Gasteiger partial charge in [-0.2, -0.15) is 10.1 Å². The fourth-order valence-corrected chi connectivity index (χ4v) is 2.38. The van der Waals surface area contributed by atoms with E-state index in [9.17, 15) is 0 Å². The number of halogens is 1. The number of aromatic nitrogens is 6. The highest BCUT2D eigenvalue weighted by atomic mass is 35.5. The van der Waals surface area contributed by atoms with Crippen LogP contribution >= 0.6 is 11.6 Å². The molecule has 0 amide bonds. The van der Waals surface area contributed by atoms with Crippen LogP contribution in [0.4, 0.5) is 0 Å². The maximum absolute atomic E-state index is 6.20. The first kappa shape index (κ1) is 12.2. The van der Waals surface area contributed by atoms with Crippen molar-refractivity contribution in [2.45, 2.75) is 25.8 Å². The Morgan fingerprint density at radius 2 is 2.26 bits per heavy atom. The van der Waals surface area contributed by atoms with Gasteiger partial charge in [0.15, 0.2) is 11.5 Å². The summed E-state index contributed by atoms with van der Waals surface area (Å²) in [4.78, 5) is 8.61. The van der Waals surface area contributed by atoms with Crippen molar-refractivity contribution in [2.24, 2.45) is 7.05 Å². The predicted octanol–water partition coefficient (Wildman–Crippen LogP) is 1.81. The van der Waals surface area contributed by atoms with Gasteiger partial charge in [-0.3, -0.25) is 4.68 Å². The lowest BCUT2D eigenvalue weighted by atomic mass is 10.4. The normalized spacial score (nSPS) is 13.3. The van der Waals surface area contributed by atoms with E-state index in [2.05, 4.69) is 20.2 Å². The molecule has 0 spiro atoms. The molecule has 0 radical (unpaired) electrons. The van der Waals surface area contributed by atoms with Crippen molar-refractivity contribution in [1.29, 1.82) is 0 Å². The molecule has 0 saturated heterocycles. The maximum Gasteiger partial charge on any atom is 0.213 e. The lowest BCUT2D eigenvalue weighted by molar-refractivity contribution is 0.408. The average molecular weight is 281 g/mol. The van der Waals surface area contributed by atoms with E-state index in [-0.39, 0.29) is 5.38 Å². The number of rotatable bonds is 3. The summed E-state index contributed by atoms with van der Waals surface area (Å²) >= 11 is 6.20. The van der Waals surface area contributed by atoms with E-state index in [1.165, 1.54) is 6.39 Å². The summed E-state index contributed by atoms with van der Waals surface area (Å²) in [7, 11) is 1.88. The summed E-state index contributed by atoms with van der Waals surface area (Å²) in [5.41, 5.74) is 2.64. The smallest absolute Gasteiger partial charge is 0.213 e. The maximum atomic E-state index is 6.20. The van der Waals surface area contributed by atoms with Crippen LogP contribution < -0.4 is 0 Å². The highest BCUT2D eigenvalue weighted by Gasteiger charge is 2.21. The van der Waals surface area contributed by atoms with Crippen LogP contribution in [0.1, 0.15) is 29.6 Å². The summed E-state index contributed by atoms with van der Waals surface area (Å²) in [6.45, 7) is 4.27. The van der Waals surface area contributed by atoms with Gasteiger partial charge in [-0.15, -0.1) is 11.6 Å². The van der Waals surface area contributed by atoms with Gasteiger partial charge in [0.2, 0.25) is 6.39 Å². The molecule has 19 heavy (non-hydrogen) atoms. The Morgan fingerprint density at radius 1 is 1.47 bits per heavy atom. The third-order valence-corrected chi connectivity index (χ3v) is 3.18. The molecule has 0 aliphatic heterocycles. The van der Waals surface area contributed by atoms with Crippen LogP contribution in [0.2, 0.25) is 0 Å². The number of hydrogen-bond donors (Lipinski definition) is 0. The van der Waals surface area contributed by atoms with Crippen molar-refractivity contribution in [3.05, 3.63) is 23.7 Å². The van der Waals surface area contributed by atoms with Crippen molar-refractivity contribution >= 4 is 22.8 Å². The Bertz CT molecular complexity index is 711. The molecule has 100 valence electrons. The van der Waals surface area contributed by atoms with E-state index in [1.807, 2.05) is 25.5 Å². The van der Waals surface area contributed by atoms with Crippen LogP contribution in [-0.2, 0) is 13.6 Å². The van der Waals surface area contributed by atoms with Crippen LogP contribution in [0.5, 0.6) is 0 Å². The fraction of sp³-hybridized carbons (Fsp3) is 0.455. The Hall–Kier alpha value is -1.89. The molecule has 0 saturated carbocycles. The molecule has 8 heteroatoms. The summed E-state index contributed by atoms with van der Waals surface area (Å²) in [6, 6.07) is 0. The van der Waals surface area contributed by atoms with Gasteiger partial charge in [0.25, 0.3) is 0 Å².